The van der Waals surface area contributed by atoms with E-state index < -0.39 is 11.8 Å². The summed E-state index contributed by atoms with van der Waals surface area (Å²) in [4.78, 5) is 11.9. The van der Waals surface area contributed by atoms with Crippen molar-refractivity contribution < 1.29 is 18.3 Å². The average molecular weight is 335 g/mol. The Morgan fingerprint density at radius 2 is 1.95 bits per heavy atom. The van der Waals surface area contributed by atoms with Gasteiger partial charge in [0.15, 0.2) is 11.6 Å². The first kappa shape index (κ1) is 12.9. The molecule has 0 unspecified atom stereocenters. The van der Waals surface area contributed by atoms with Gasteiger partial charge in [-0.3, -0.25) is 0 Å². The fourth-order valence-corrected chi connectivity index (χ4v) is 2.12. The largest absolute Gasteiger partial charge is 0.449 e. The summed E-state index contributed by atoms with van der Waals surface area (Å²) in [6.45, 7) is 0. The molecule has 0 aliphatic rings. The van der Waals surface area contributed by atoms with E-state index in [1.807, 2.05) is 12.1 Å². The van der Waals surface area contributed by atoms with Crippen molar-refractivity contribution >= 4 is 32.9 Å². The highest BCUT2D eigenvalue weighted by Gasteiger charge is 2.16. The summed E-state index contributed by atoms with van der Waals surface area (Å²) in [5.74, 6) is -1.46. The Morgan fingerprint density at radius 3 is 2.70 bits per heavy atom. The van der Waals surface area contributed by atoms with Crippen molar-refractivity contribution in [1.82, 2.24) is 0 Å². The number of carbonyl (C=O) groups excluding carboxylic acids is 1. The molecule has 2 aromatic carbocycles. The number of furan rings is 1. The van der Waals surface area contributed by atoms with Gasteiger partial charge in [-0.1, -0.05) is 34.1 Å². The molecule has 1 heterocycles. The standard InChI is InChI=1S/C15H8BrFO3/c16-10-5-6-13(11(17)8-10)20-15(18)14-7-9-3-1-2-4-12(9)19-14/h1-8H. The van der Waals surface area contributed by atoms with Crippen LogP contribution in [-0.2, 0) is 0 Å². The fraction of sp³-hybridized carbons (Fsp3) is 0. The Balaban J connectivity index is 1.89. The summed E-state index contributed by atoms with van der Waals surface area (Å²) in [5.41, 5.74) is 0.579. The molecule has 0 N–H and O–H groups in total. The lowest BCUT2D eigenvalue weighted by Crippen LogP contribution is -2.08. The molecule has 0 spiro atoms. The fourth-order valence-electron chi connectivity index (χ4n) is 1.79. The van der Waals surface area contributed by atoms with Crippen LogP contribution in [0.2, 0.25) is 0 Å². The van der Waals surface area contributed by atoms with Gasteiger partial charge < -0.3 is 9.15 Å². The summed E-state index contributed by atoms with van der Waals surface area (Å²) in [5, 5.41) is 0.788. The summed E-state index contributed by atoms with van der Waals surface area (Å²) in [7, 11) is 0. The summed E-state index contributed by atoms with van der Waals surface area (Å²) < 4.78 is 24.5. The molecular formula is C15H8BrFO3. The second kappa shape index (κ2) is 5.09. The lowest BCUT2D eigenvalue weighted by Gasteiger charge is -2.03. The molecule has 1 aromatic heterocycles. The predicted molar refractivity (Wildman–Crippen MR) is 75.3 cm³/mol. The van der Waals surface area contributed by atoms with E-state index >= 15 is 0 Å². The van der Waals surface area contributed by atoms with Crippen molar-refractivity contribution in [3.8, 4) is 5.75 Å². The van der Waals surface area contributed by atoms with Crippen molar-refractivity contribution in [2.45, 2.75) is 0 Å². The van der Waals surface area contributed by atoms with Gasteiger partial charge in [0.1, 0.15) is 5.58 Å². The van der Waals surface area contributed by atoms with Gasteiger partial charge in [-0.25, -0.2) is 9.18 Å². The number of ether oxygens (including phenoxy) is 1. The molecule has 0 amide bonds. The first-order chi connectivity index (χ1) is 9.63. The molecule has 100 valence electrons. The molecule has 3 aromatic rings. The first-order valence-electron chi connectivity index (χ1n) is 5.79. The highest BCUT2D eigenvalue weighted by molar-refractivity contribution is 9.10. The highest BCUT2D eigenvalue weighted by atomic mass is 79.9. The van der Waals surface area contributed by atoms with Crippen molar-refractivity contribution in [3.63, 3.8) is 0 Å². The molecule has 3 rings (SSSR count). The number of rotatable bonds is 2. The zero-order valence-corrected chi connectivity index (χ0v) is 11.7. The molecule has 3 nitrogen and oxygen atoms in total. The number of para-hydroxylation sites is 1. The van der Waals surface area contributed by atoms with Crippen molar-refractivity contribution in [1.29, 1.82) is 0 Å². The number of halogens is 2. The quantitative estimate of drug-likeness (QED) is 0.509. The van der Waals surface area contributed by atoms with Crippen molar-refractivity contribution in [2.75, 3.05) is 0 Å². The Kier molecular flexibility index (Phi) is 3.28. The normalized spacial score (nSPS) is 10.7. The lowest BCUT2D eigenvalue weighted by molar-refractivity contribution is 0.0697. The monoisotopic (exact) mass is 334 g/mol. The van der Waals surface area contributed by atoms with E-state index in [1.54, 1.807) is 24.3 Å². The van der Waals surface area contributed by atoms with E-state index in [2.05, 4.69) is 15.9 Å². The molecule has 0 fully saturated rings. The minimum Gasteiger partial charge on any atom is -0.449 e. The maximum absolute atomic E-state index is 13.6. The third-order valence-corrected chi connectivity index (χ3v) is 3.22. The van der Waals surface area contributed by atoms with Crippen molar-refractivity contribution in [2.24, 2.45) is 0 Å². The van der Waals surface area contributed by atoms with E-state index in [9.17, 15) is 9.18 Å². The van der Waals surface area contributed by atoms with Crippen LogP contribution in [0.4, 0.5) is 4.39 Å². The minimum absolute atomic E-state index is 0.0357. The van der Waals surface area contributed by atoms with E-state index in [0.29, 0.717) is 10.1 Å². The summed E-state index contributed by atoms with van der Waals surface area (Å²) in [6.07, 6.45) is 0. The van der Waals surface area contributed by atoms with Crippen LogP contribution in [-0.4, -0.2) is 5.97 Å². The number of hydrogen-bond donors (Lipinski definition) is 0. The number of fused-ring (bicyclic) bond motifs is 1. The molecule has 0 aliphatic heterocycles. The van der Waals surface area contributed by atoms with Crippen LogP contribution in [0.1, 0.15) is 10.6 Å². The zero-order chi connectivity index (χ0) is 14.1. The van der Waals surface area contributed by atoms with Crippen LogP contribution in [0.5, 0.6) is 5.75 Å². The van der Waals surface area contributed by atoms with Gasteiger partial charge >= 0.3 is 5.97 Å². The number of hydrogen-bond acceptors (Lipinski definition) is 3. The van der Waals surface area contributed by atoms with Gasteiger partial charge in [0.05, 0.1) is 0 Å². The molecule has 0 radical (unpaired) electrons. The molecule has 20 heavy (non-hydrogen) atoms. The summed E-state index contributed by atoms with van der Waals surface area (Å²) >= 11 is 3.13. The molecule has 0 saturated heterocycles. The smallest absolute Gasteiger partial charge is 0.379 e. The van der Waals surface area contributed by atoms with Crippen molar-refractivity contribution in [3.05, 3.63) is 64.6 Å². The average Bonchev–Trinajstić information content (AvgIpc) is 2.86. The SMILES string of the molecule is O=C(Oc1ccc(Br)cc1F)c1cc2ccccc2o1. The van der Waals surface area contributed by atoms with Crippen LogP contribution in [0.25, 0.3) is 11.0 Å². The minimum atomic E-state index is -0.734. The zero-order valence-electron chi connectivity index (χ0n) is 10.1. The Labute approximate surface area is 122 Å². The Morgan fingerprint density at radius 1 is 1.15 bits per heavy atom. The van der Waals surface area contributed by atoms with Gasteiger partial charge in [0.25, 0.3) is 0 Å². The summed E-state index contributed by atoms with van der Waals surface area (Å²) in [6, 6.07) is 12.9. The van der Waals surface area contributed by atoms with Crippen LogP contribution in [0.15, 0.2) is 57.4 Å². The van der Waals surface area contributed by atoms with E-state index in [1.165, 1.54) is 12.1 Å². The van der Waals surface area contributed by atoms with Gasteiger partial charge in [-0.2, -0.15) is 0 Å². The second-order valence-corrected chi connectivity index (χ2v) is 5.03. The third kappa shape index (κ3) is 2.44. The van der Waals surface area contributed by atoms with E-state index in [4.69, 9.17) is 9.15 Å². The predicted octanol–water partition coefficient (Wildman–Crippen LogP) is 4.55. The topological polar surface area (TPSA) is 39.4 Å². The van der Waals surface area contributed by atoms with Gasteiger partial charge in [-0.15, -0.1) is 0 Å². The van der Waals surface area contributed by atoms with Crippen LogP contribution >= 0.6 is 15.9 Å². The maximum Gasteiger partial charge on any atom is 0.379 e. The number of esters is 1. The number of benzene rings is 2. The molecule has 0 aliphatic carbocycles. The van der Waals surface area contributed by atoms with E-state index in [0.717, 1.165) is 5.39 Å². The molecule has 0 atom stereocenters. The second-order valence-electron chi connectivity index (χ2n) is 4.11. The maximum atomic E-state index is 13.6. The van der Waals surface area contributed by atoms with Gasteiger partial charge in [-0.05, 0) is 30.3 Å². The van der Waals surface area contributed by atoms with Crippen LogP contribution in [0, 0.1) is 5.82 Å². The lowest BCUT2D eigenvalue weighted by atomic mass is 10.2. The Bertz CT molecular complexity index is 762. The molecule has 0 bridgehead atoms. The van der Waals surface area contributed by atoms with Crippen LogP contribution < -0.4 is 4.74 Å². The Hall–Kier alpha value is -2.14. The highest BCUT2D eigenvalue weighted by Crippen LogP contribution is 2.24. The molecule has 5 heteroatoms. The van der Waals surface area contributed by atoms with Gasteiger partial charge in [0.2, 0.25) is 5.76 Å². The molecular weight excluding hydrogens is 327 g/mol. The first-order valence-corrected chi connectivity index (χ1v) is 6.58. The number of carbonyl (C=O) groups is 1. The molecule has 0 saturated carbocycles. The van der Waals surface area contributed by atoms with Crippen LogP contribution in [0.3, 0.4) is 0 Å². The van der Waals surface area contributed by atoms with Gasteiger partial charge in [0, 0.05) is 9.86 Å². The van der Waals surface area contributed by atoms with E-state index in [-0.39, 0.29) is 11.5 Å². The third-order valence-electron chi connectivity index (χ3n) is 2.72.